The fourth-order valence-corrected chi connectivity index (χ4v) is 1.85. The van der Waals surface area contributed by atoms with Gasteiger partial charge in [-0.1, -0.05) is 6.07 Å². The second-order valence-electron chi connectivity index (χ2n) is 3.17. The van der Waals surface area contributed by atoms with E-state index in [-0.39, 0.29) is 5.82 Å². The van der Waals surface area contributed by atoms with E-state index in [4.69, 9.17) is 4.74 Å². The van der Waals surface area contributed by atoms with E-state index in [0.717, 1.165) is 11.1 Å². The van der Waals surface area contributed by atoms with Crippen molar-refractivity contribution in [3.63, 3.8) is 0 Å². The zero-order valence-electron chi connectivity index (χ0n) is 8.65. The van der Waals surface area contributed by atoms with Gasteiger partial charge in [0.05, 0.1) is 6.20 Å². The fourth-order valence-electron chi connectivity index (χ4n) is 1.34. The van der Waals surface area contributed by atoms with Crippen LogP contribution in [0, 0.1) is 5.82 Å². The highest BCUT2D eigenvalue weighted by Crippen LogP contribution is 2.24. The van der Waals surface area contributed by atoms with Crippen molar-refractivity contribution in [3.8, 4) is 11.8 Å². The Morgan fingerprint density at radius 1 is 1.50 bits per heavy atom. The van der Waals surface area contributed by atoms with E-state index in [1.54, 1.807) is 18.3 Å². The Morgan fingerprint density at radius 3 is 3.00 bits per heavy atom. The lowest BCUT2D eigenvalue weighted by atomic mass is 10.3. The molecule has 0 saturated heterocycles. The summed E-state index contributed by atoms with van der Waals surface area (Å²) >= 11 is 3.35. The van der Waals surface area contributed by atoms with Crippen molar-refractivity contribution < 1.29 is 9.13 Å². The summed E-state index contributed by atoms with van der Waals surface area (Å²) < 4.78 is 21.1. The van der Waals surface area contributed by atoms with Crippen molar-refractivity contribution in [1.82, 2.24) is 9.55 Å². The lowest BCUT2D eigenvalue weighted by molar-refractivity contribution is 0.410. The average Bonchev–Trinajstić information content (AvgIpc) is 2.59. The Labute approximate surface area is 101 Å². The van der Waals surface area contributed by atoms with Crippen LogP contribution < -0.4 is 4.74 Å². The molecule has 0 aliphatic rings. The minimum absolute atomic E-state index is 0.328. The van der Waals surface area contributed by atoms with Crippen molar-refractivity contribution in [1.29, 1.82) is 0 Å². The molecule has 1 aromatic carbocycles. The SMILES string of the molecule is CCn1c(Br)cnc1Oc1cccc(F)c1. The van der Waals surface area contributed by atoms with Crippen LogP contribution in [0.5, 0.6) is 11.8 Å². The van der Waals surface area contributed by atoms with Crippen molar-refractivity contribution in [2.75, 3.05) is 0 Å². The number of hydrogen-bond acceptors (Lipinski definition) is 2. The lowest BCUT2D eigenvalue weighted by Crippen LogP contribution is -1.98. The molecule has 0 aliphatic carbocycles. The van der Waals surface area contributed by atoms with Gasteiger partial charge in [-0.3, -0.25) is 4.57 Å². The van der Waals surface area contributed by atoms with E-state index < -0.39 is 0 Å². The molecule has 0 fully saturated rings. The first-order valence-corrected chi connectivity index (χ1v) is 5.64. The monoisotopic (exact) mass is 284 g/mol. The van der Waals surface area contributed by atoms with Gasteiger partial charge in [0, 0.05) is 12.6 Å². The van der Waals surface area contributed by atoms with Gasteiger partial charge in [-0.2, -0.15) is 0 Å². The highest BCUT2D eigenvalue weighted by molar-refractivity contribution is 9.10. The highest BCUT2D eigenvalue weighted by Gasteiger charge is 2.08. The topological polar surface area (TPSA) is 27.1 Å². The van der Waals surface area contributed by atoms with Crippen LogP contribution in [0.1, 0.15) is 6.92 Å². The van der Waals surface area contributed by atoms with Gasteiger partial charge in [0.25, 0.3) is 0 Å². The molecule has 0 radical (unpaired) electrons. The Bertz CT molecular complexity index is 498. The third-order valence-electron chi connectivity index (χ3n) is 2.09. The quantitative estimate of drug-likeness (QED) is 0.861. The lowest BCUT2D eigenvalue weighted by Gasteiger charge is -2.07. The van der Waals surface area contributed by atoms with Gasteiger partial charge in [-0.15, -0.1) is 0 Å². The second kappa shape index (κ2) is 4.65. The summed E-state index contributed by atoms with van der Waals surface area (Å²) in [5.41, 5.74) is 0. The summed E-state index contributed by atoms with van der Waals surface area (Å²) in [7, 11) is 0. The number of imidazole rings is 1. The molecule has 0 spiro atoms. The number of benzene rings is 1. The summed E-state index contributed by atoms with van der Waals surface area (Å²) in [4.78, 5) is 4.08. The number of hydrogen-bond donors (Lipinski definition) is 0. The summed E-state index contributed by atoms with van der Waals surface area (Å²) in [6.45, 7) is 2.70. The Balaban J connectivity index is 2.27. The van der Waals surface area contributed by atoms with Crippen LogP contribution in [-0.2, 0) is 6.54 Å². The Morgan fingerprint density at radius 2 is 2.31 bits per heavy atom. The predicted octanol–water partition coefficient (Wildman–Crippen LogP) is 3.60. The molecule has 0 N–H and O–H groups in total. The van der Waals surface area contributed by atoms with Crippen LogP contribution in [0.2, 0.25) is 0 Å². The summed E-state index contributed by atoms with van der Waals surface area (Å²) in [5, 5.41) is 0. The average molecular weight is 285 g/mol. The first-order valence-electron chi connectivity index (χ1n) is 4.85. The van der Waals surface area contributed by atoms with Gasteiger partial charge >= 0.3 is 6.01 Å². The van der Waals surface area contributed by atoms with E-state index in [2.05, 4.69) is 20.9 Å². The minimum Gasteiger partial charge on any atom is -0.425 e. The molecule has 0 aliphatic heterocycles. The third-order valence-corrected chi connectivity index (χ3v) is 2.72. The number of ether oxygens (including phenoxy) is 1. The summed E-state index contributed by atoms with van der Waals surface area (Å²) in [6.07, 6.45) is 1.65. The van der Waals surface area contributed by atoms with E-state index in [1.165, 1.54) is 12.1 Å². The van der Waals surface area contributed by atoms with Crippen molar-refractivity contribution in [3.05, 3.63) is 40.9 Å². The van der Waals surface area contributed by atoms with E-state index in [0.29, 0.717) is 11.8 Å². The maximum Gasteiger partial charge on any atom is 0.302 e. The summed E-state index contributed by atoms with van der Waals surface area (Å²) in [5.74, 6) is 0.110. The van der Waals surface area contributed by atoms with Crippen molar-refractivity contribution in [2.45, 2.75) is 13.5 Å². The van der Waals surface area contributed by atoms with Crippen LogP contribution in [0.15, 0.2) is 35.1 Å². The van der Waals surface area contributed by atoms with Gasteiger partial charge < -0.3 is 4.74 Å². The number of halogens is 2. The standard InChI is InChI=1S/C11H10BrFN2O/c1-2-15-10(12)7-14-11(15)16-9-5-3-4-8(13)6-9/h3-7H,2H2,1H3. The van der Waals surface area contributed by atoms with Crippen LogP contribution in [-0.4, -0.2) is 9.55 Å². The van der Waals surface area contributed by atoms with Crippen LogP contribution in [0.4, 0.5) is 4.39 Å². The second-order valence-corrected chi connectivity index (χ2v) is 3.98. The molecule has 0 amide bonds. The number of rotatable bonds is 3. The zero-order chi connectivity index (χ0) is 11.5. The smallest absolute Gasteiger partial charge is 0.302 e. The first kappa shape index (κ1) is 11.1. The molecule has 5 heteroatoms. The van der Waals surface area contributed by atoms with Crippen LogP contribution >= 0.6 is 15.9 Å². The molecule has 0 saturated carbocycles. The minimum atomic E-state index is -0.328. The maximum absolute atomic E-state index is 12.9. The molecule has 16 heavy (non-hydrogen) atoms. The summed E-state index contributed by atoms with van der Waals surface area (Å²) in [6, 6.07) is 6.42. The zero-order valence-corrected chi connectivity index (χ0v) is 10.2. The van der Waals surface area contributed by atoms with E-state index >= 15 is 0 Å². The number of aromatic nitrogens is 2. The highest BCUT2D eigenvalue weighted by atomic mass is 79.9. The molecule has 0 unspecified atom stereocenters. The number of nitrogens with zero attached hydrogens (tertiary/aromatic N) is 2. The van der Waals surface area contributed by atoms with E-state index in [1.807, 2.05) is 11.5 Å². The van der Waals surface area contributed by atoms with Crippen LogP contribution in [0.3, 0.4) is 0 Å². The maximum atomic E-state index is 12.9. The molecule has 1 aromatic heterocycles. The molecular formula is C11H10BrFN2O. The van der Waals surface area contributed by atoms with Gasteiger partial charge in [0.2, 0.25) is 0 Å². The molecule has 84 valence electrons. The normalized spacial score (nSPS) is 10.4. The largest absolute Gasteiger partial charge is 0.425 e. The van der Waals surface area contributed by atoms with Gasteiger partial charge in [-0.05, 0) is 35.0 Å². The van der Waals surface area contributed by atoms with E-state index in [9.17, 15) is 4.39 Å². The molecule has 0 atom stereocenters. The van der Waals surface area contributed by atoms with Crippen molar-refractivity contribution in [2.24, 2.45) is 0 Å². The molecule has 3 nitrogen and oxygen atoms in total. The molecule has 2 aromatic rings. The molecule has 2 rings (SSSR count). The Kier molecular flexibility index (Phi) is 3.24. The van der Waals surface area contributed by atoms with Crippen LogP contribution in [0.25, 0.3) is 0 Å². The Hall–Kier alpha value is -1.36. The van der Waals surface area contributed by atoms with Gasteiger partial charge in [-0.25, -0.2) is 9.37 Å². The van der Waals surface area contributed by atoms with Gasteiger partial charge in [0.15, 0.2) is 0 Å². The van der Waals surface area contributed by atoms with Crippen molar-refractivity contribution >= 4 is 15.9 Å². The fraction of sp³-hybridized carbons (Fsp3) is 0.182. The van der Waals surface area contributed by atoms with Gasteiger partial charge in [0.1, 0.15) is 16.2 Å². The molecule has 1 heterocycles. The third kappa shape index (κ3) is 2.24. The molecule has 0 bridgehead atoms. The molecular weight excluding hydrogens is 275 g/mol. The predicted molar refractivity (Wildman–Crippen MR) is 62.1 cm³/mol. The first-order chi connectivity index (χ1) is 7.70.